The third-order valence-corrected chi connectivity index (χ3v) is 9.46. The van der Waals surface area contributed by atoms with Crippen molar-refractivity contribution in [3.05, 3.63) is 109 Å². The second-order valence-corrected chi connectivity index (χ2v) is 15.6. The smallest absolute Gasteiger partial charge is 0.462 e. The van der Waals surface area contributed by atoms with E-state index in [2.05, 4.69) is 91.3 Å². The van der Waals surface area contributed by atoms with Gasteiger partial charge >= 0.3 is 19.8 Å². The van der Waals surface area contributed by atoms with Gasteiger partial charge in [0.2, 0.25) is 0 Å². The lowest BCUT2D eigenvalue weighted by Crippen LogP contribution is -2.29. The second kappa shape index (κ2) is 42.3. The van der Waals surface area contributed by atoms with E-state index in [1.54, 1.807) is 24.3 Å². The maximum absolute atomic E-state index is 12.6. The van der Waals surface area contributed by atoms with E-state index in [-0.39, 0.29) is 12.8 Å². The summed E-state index contributed by atoms with van der Waals surface area (Å²) in [6.07, 6.45) is 49.4. The molecule has 2 unspecified atom stereocenters. The van der Waals surface area contributed by atoms with E-state index in [0.29, 0.717) is 19.3 Å². The molecule has 12 heteroatoms. The van der Waals surface area contributed by atoms with Crippen molar-refractivity contribution in [3.8, 4) is 0 Å². The maximum Gasteiger partial charge on any atom is 0.472 e. The number of phosphoric ester groups is 1. The molecule has 60 heavy (non-hydrogen) atoms. The molecular weight excluding hydrogens is 783 g/mol. The van der Waals surface area contributed by atoms with Gasteiger partial charge in [-0.15, -0.1) is 0 Å². The van der Waals surface area contributed by atoms with Crippen molar-refractivity contribution < 1.29 is 52.9 Å². The lowest BCUT2D eigenvalue weighted by atomic mass is 10.1. The van der Waals surface area contributed by atoms with Crippen LogP contribution in [-0.4, -0.2) is 76.9 Å². The maximum atomic E-state index is 12.6. The summed E-state index contributed by atoms with van der Waals surface area (Å²) >= 11 is 0. The predicted octanol–water partition coefficient (Wildman–Crippen LogP) is 10.7. The highest BCUT2D eigenvalue weighted by atomic mass is 31.2. The summed E-state index contributed by atoms with van der Waals surface area (Å²) < 4.78 is 32.5. The van der Waals surface area contributed by atoms with Crippen molar-refractivity contribution in [2.45, 2.75) is 154 Å². The van der Waals surface area contributed by atoms with Gasteiger partial charge in [-0.3, -0.25) is 18.6 Å². The van der Waals surface area contributed by atoms with E-state index in [9.17, 15) is 29.3 Å². The van der Waals surface area contributed by atoms with Crippen molar-refractivity contribution in [1.29, 1.82) is 0 Å². The summed E-state index contributed by atoms with van der Waals surface area (Å²) in [5.41, 5.74) is 0. The lowest BCUT2D eigenvalue weighted by molar-refractivity contribution is -0.161. The molecule has 0 heterocycles. The SMILES string of the molecule is CC/C=C\C/C=C\C/C=C\C/C=C\C=C/C(O)C/C=C\CCC(=O)O[C@H](COC(=O)CCCCCC/C=C\C/C=C\C/C=C\CCCCC)COP(=O)(O)OC[C@@H](O)CO. The highest BCUT2D eigenvalue weighted by Gasteiger charge is 2.27. The Kier molecular flexibility index (Phi) is 39.9. The molecule has 0 aromatic rings. The Hall–Kier alpha value is -3.41. The first-order valence-corrected chi connectivity index (χ1v) is 23.4. The van der Waals surface area contributed by atoms with Crippen LogP contribution in [-0.2, 0) is 32.7 Å². The van der Waals surface area contributed by atoms with Crippen LogP contribution in [0.15, 0.2) is 109 Å². The Labute approximate surface area is 361 Å². The van der Waals surface area contributed by atoms with E-state index >= 15 is 0 Å². The molecule has 0 radical (unpaired) electrons. The molecule has 0 fully saturated rings. The fourth-order valence-electron chi connectivity index (χ4n) is 5.11. The van der Waals surface area contributed by atoms with Crippen LogP contribution in [0.25, 0.3) is 0 Å². The van der Waals surface area contributed by atoms with Gasteiger partial charge in [0, 0.05) is 12.8 Å². The number of allylic oxidation sites excluding steroid dienone is 16. The van der Waals surface area contributed by atoms with Crippen LogP contribution in [0.1, 0.15) is 136 Å². The Morgan fingerprint density at radius 3 is 1.75 bits per heavy atom. The lowest BCUT2D eigenvalue weighted by Gasteiger charge is -2.20. The quantitative estimate of drug-likeness (QED) is 0.0153. The van der Waals surface area contributed by atoms with Gasteiger partial charge in [0.25, 0.3) is 0 Å². The van der Waals surface area contributed by atoms with Crippen molar-refractivity contribution in [2.75, 3.05) is 26.4 Å². The molecule has 0 amide bonds. The number of hydrogen-bond acceptors (Lipinski definition) is 10. The van der Waals surface area contributed by atoms with Crippen LogP contribution >= 0.6 is 7.82 Å². The van der Waals surface area contributed by atoms with Gasteiger partial charge < -0.3 is 29.7 Å². The molecule has 0 saturated heterocycles. The first kappa shape index (κ1) is 56.6. The number of carbonyl (C=O) groups excluding carboxylic acids is 2. The zero-order valence-electron chi connectivity index (χ0n) is 36.5. The van der Waals surface area contributed by atoms with Crippen LogP contribution < -0.4 is 0 Å². The Morgan fingerprint density at radius 1 is 0.583 bits per heavy atom. The number of carbonyl (C=O) groups is 2. The van der Waals surface area contributed by atoms with Gasteiger partial charge in [-0.25, -0.2) is 4.57 Å². The fourth-order valence-corrected chi connectivity index (χ4v) is 5.90. The summed E-state index contributed by atoms with van der Waals surface area (Å²) in [6.45, 7) is 1.98. The first-order valence-electron chi connectivity index (χ1n) is 22.0. The van der Waals surface area contributed by atoms with Crippen molar-refractivity contribution in [2.24, 2.45) is 0 Å². The standard InChI is InChI=1S/C48H77O11P/c1-3-5-7-9-11-13-15-17-18-19-20-22-24-26-28-30-34-38-47(52)56-42-46(43-58-60(54,55)57-41-45(51)40-49)59-48(53)39-35-31-33-37-44(50)36-32-29-27-25-23-21-16-14-12-10-8-6-4-2/h6,8,11-14,17-18,20-23,27,29,31-33,36,44-46,49-51H,3-5,7,9-10,15-16,19,24-26,28,30,34-35,37-43H2,1-2H3,(H,54,55)/b8-6-,13-11-,14-12-,18-17-,22-20-,23-21-,29-27-,33-31-,36-32-/t44?,45-,46+/m0/s1. The molecule has 4 N–H and O–H groups in total. The molecule has 4 atom stereocenters. The molecule has 0 aliphatic heterocycles. The summed E-state index contributed by atoms with van der Waals surface area (Å²) in [5, 5.41) is 28.5. The molecule has 340 valence electrons. The minimum atomic E-state index is -4.68. The summed E-state index contributed by atoms with van der Waals surface area (Å²) in [4.78, 5) is 35.0. The predicted molar refractivity (Wildman–Crippen MR) is 243 cm³/mol. The molecule has 0 rings (SSSR count). The third kappa shape index (κ3) is 41.3. The number of aliphatic hydroxyl groups is 3. The Bertz CT molecular complexity index is 1380. The van der Waals surface area contributed by atoms with E-state index in [0.717, 1.165) is 70.6 Å². The molecule has 0 aliphatic rings. The number of unbranched alkanes of at least 4 members (excludes halogenated alkanes) is 7. The third-order valence-electron chi connectivity index (χ3n) is 8.51. The van der Waals surface area contributed by atoms with E-state index in [1.165, 1.54) is 19.3 Å². The number of hydrogen-bond donors (Lipinski definition) is 4. The largest absolute Gasteiger partial charge is 0.472 e. The summed E-state index contributed by atoms with van der Waals surface area (Å²) in [7, 11) is -4.68. The Morgan fingerprint density at radius 2 is 1.13 bits per heavy atom. The highest BCUT2D eigenvalue weighted by molar-refractivity contribution is 7.47. The summed E-state index contributed by atoms with van der Waals surface area (Å²) in [5.74, 6) is -1.14. The van der Waals surface area contributed by atoms with Crippen molar-refractivity contribution in [3.63, 3.8) is 0 Å². The van der Waals surface area contributed by atoms with E-state index < -0.39 is 64.5 Å². The molecule has 0 aliphatic carbocycles. The molecular formula is C48H77O11P. The summed E-state index contributed by atoms with van der Waals surface area (Å²) in [6, 6.07) is 0. The van der Waals surface area contributed by atoms with E-state index in [4.69, 9.17) is 19.1 Å². The van der Waals surface area contributed by atoms with Crippen molar-refractivity contribution >= 4 is 19.8 Å². The molecule has 0 bridgehead atoms. The van der Waals surface area contributed by atoms with Gasteiger partial charge in [-0.05, 0) is 83.5 Å². The number of esters is 2. The van der Waals surface area contributed by atoms with Gasteiger partial charge in [-0.2, -0.15) is 0 Å². The number of phosphoric acid groups is 1. The monoisotopic (exact) mass is 861 g/mol. The van der Waals surface area contributed by atoms with Gasteiger partial charge in [0.1, 0.15) is 12.7 Å². The first-order chi connectivity index (χ1) is 29.1. The molecule has 0 spiro atoms. The topological polar surface area (TPSA) is 169 Å². The van der Waals surface area contributed by atoms with Crippen LogP contribution in [0.2, 0.25) is 0 Å². The zero-order chi connectivity index (χ0) is 44.2. The zero-order valence-corrected chi connectivity index (χ0v) is 37.4. The second-order valence-electron chi connectivity index (χ2n) is 14.2. The van der Waals surface area contributed by atoms with Crippen LogP contribution in [0, 0.1) is 0 Å². The van der Waals surface area contributed by atoms with E-state index in [1.807, 2.05) is 12.2 Å². The van der Waals surface area contributed by atoms with Crippen LogP contribution in [0.5, 0.6) is 0 Å². The molecule has 11 nitrogen and oxygen atoms in total. The average molecular weight is 861 g/mol. The highest BCUT2D eigenvalue weighted by Crippen LogP contribution is 2.43. The fraction of sp³-hybridized carbons (Fsp3) is 0.583. The van der Waals surface area contributed by atoms with Crippen LogP contribution in [0.4, 0.5) is 0 Å². The number of ether oxygens (including phenoxy) is 2. The molecule has 0 aromatic heterocycles. The van der Waals surface area contributed by atoms with Gasteiger partial charge in [0.15, 0.2) is 6.10 Å². The van der Waals surface area contributed by atoms with Gasteiger partial charge in [0.05, 0.1) is 25.9 Å². The van der Waals surface area contributed by atoms with Crippen LogP contribution in [0.3, 0.4) is 0 Å². The molecule has 0 saturated carbocycles. The normalized spacial score (nSPS) is 15.4. The average Bonchev–Trinajstić information content (AvgIpc) is 3.23. The molecule has 0 aromatic carbocycles. The Balaban J connectivity index is 4.58. The van der Waals surface area contributed by atoms with Gasteiger partial charge in [-0.1, -0.05) is 149 Å². The number of aliphatic hydroxyl groups excluding tert-OH is 3. The number of rotatable bonds is 39. The van der Waals surface area contributed by atoms with Crippen molar-refractivity contribution in [1.82, 2.24) is 0 Å². The minimum absolute atomic E-state index is 0.0342. The minimum Gasteiger partial charge on any atom is -0.462 e.